The lowest BCUT2D eigenvalue weighted by Gasteiger charge is -2.40. The van der Waals surface area contributed by atoms with Crippen molar-refractivity contribution in [2.45, 2.75) is 39.3 Å². The molecule has 6 nitrogen and oxygen atoms in total. The van der Waals surface area contributed by atoms with Crippen molar-refractivity contribution < 1.29 is 4.74 Å². The molecule has 0 aromatic carbocycles. The molecule has 25 heavy (non-hydrogen) atoms. The van der Waals surface area contributed by atoms with Gasteiger partial charge < -0.3 is 9.64 Å². The highest BCUT2D eigenvalue weighted by atomic mass is 16.5. The van der Waals surface area contributed by atoms with Crippen molar-refractivity contribution in [3.05, 3.63) is 42.0 Å². The minimum absolute atomic E-state index is 0.348. The van der Waals surface area contributed by atoms with E-state index >= 15 is 0 Å². The fourth-order valence-electron chi connectivity index (χ4n) is 3.12. The van der Waals surface area contributed by atoms with Crippen LogP contribution in [0.1, 0.15) is 38.1 Å². The van der Waals surface area contributed by atoms with Gasteiger partial charge in [0.25, 0.3) is 0 Å². The van der Waals surface area contributed by atoms with Gasteiger partial charge in [0.1, 0.15) is 11.6 Å². The number of ether oxygens (including phenoxy) is 1. The van der Waals surface area contributed by atoms with Crippen LogP contribution in [0.4, 0.5) is 5.82 Å². The largest absolute Gasteiger partial charge is 0.481 e. The number of nitrogens with zero attached hydrogens (tertiary/aromatic N) is 5. The van der Waals surface area contributed by atoms with Gasteiger partial charge in [-0.25, -0.2) is 15.0 Å². The zero-order valence-electron chi connectivity index (χ0n) is 15.5. The SMILES string of the molecule is COc1ccc(CN2CCN(c3ccnc(C(C)C)n3)CC2C)cn1. The summed E-state index contributed by atoms with van der Waals surface area (Å²) in [5, 5.41) is 0. The van der Waals surface area contributed by atoms with Gasteiger partial charge in [-0.2, -0.15) is 0 Å². The van der Waals surface area contributed by atoms with Crippen LogP contribution in [-0.2, 0) is 6.54 Å². The second-order valence-corrected chi connectivity index (χ2v) is 6.90. The Morgan fingerprint density at radius 1 is 1.20 bits per heavy atom. The first-order chi connectivity index (χ1) is 12.1. The first kappa shape index (κ1) is 17.6. The summed E-state index contributed by atoms with van der Waals surface area (Å²) in [4.78, 5) is 18.3. The summed E-state index contributed by atoms with van der Waals surface area (Å²) in [6.45, 7) is 10.4. The van der Waals surface area contributed by atoms with E-state index in [1.54, 1.807) is 7.11 Å². The molecule has 6 heteroatoms. The molecule has 0 bridgehead atoms. The van der Waals surface area contributed by atoms with Crippen LogP contribution < -0.4 is 9.64 Å². The Labute approximate surface area is 149 Å². The number of rotatable bonds is 5. The number of anilines is 1. The zero-order chi connectivity index (χ0) is 17.8. The first-order valence-electron chi connectivity index (χ1n) is 8.87. The average Bonchev–Trinajstić information content (AvgIpc) is 2.64. The van der Waals surface area contributed by atoms with Gasteiger partial charge in [-0.15, -0.1) is 0 Å². The molecular weight excluding hydrogens is 314 g/mol. The second-order valence-electron chi connectivity index (χ2n) is 6.90. The fraction of sp³-hybridized carbons (Fsp3) is 0.526. The average molecular weight is 341 g/mol. The lowest BCUT2D eigenvalue weighted by molar-refractivity contribution is 0.180. The molecule has 2 aromatic heterocycles. The van der Waals surface area contributed by atoms with Crippen molar-refractivity contribution >= 4 is 5.82 Å². The summed E-state index contributed by atoms with van der Waals surface area (Å²) >= 11 is 0. The Hall–Kier alpha value is -2.21. The van der Waals surface area contributed by atoms with Crippen molar-refractivity contribution in [3.8, 4) is 5.88 Å². The van der Waals surface area contributed by atoms with Crippen LogP contribution in [-0.4, -0.2) is 52.6 Å². The van der Waals surface area contributed by atoms with Crippen LogP contribution in [0.15, 0.2) is 30.6 Å². The maximum Gasteiger partial charge on any atom is 0.212 e. The smallest absolute Gasteiger partial charge is 0.212 e. The minimum Gasteiger partial charge on any atom is -0.481 e. The normalized spacial score (nSPS) is 18.6. The van der Waals surface area contributed by atoms with E-state index in [4.69, 9.17) is 9.72 Å². The molecule has 134 valence electrons. The number of pyridine rings is 1. The van der Waals surface area contributed by atoms with Crippen LogP contribution in [0.2, 0.25) is 0 Å². The molecule has 3 rings (SSSR count). The Morgan fingerprint density at radius 3 is 2.68 bits per heavy atom. The maximum atomic E-state index is 5.13. The van der Waals surface area contributed by atoms with Gasteiger partial charge in [0, 0.05) is 56.6 Å². The second kappa shape index (κ2) is 7.78. The Morgan fingerprint density at radius 2 is 2.04 bits per heavy atom. The standard InChI is InChI=1S/C19H27N5O/c1-14(2)19-20-8-7-17(22-19)24-10-9-23(15(3)12-24)13-16-5-6-18(25-4)21-11-16/h5-8,11,14-15H,9-10,12-13H2,1-4H3. The maximum absolute atomic E-state index is 5.13. The molecule has 1 atom stereocenters. The Bertz CT molecular complexity index is 688. The number of piperazine rings is 1. The van der Waals surface area contributed by atoms with Gasteiger partial charge in [-0.1, -0.05) is 19.9 Å². The van der Waals surface area contributed by atoms with Gasteiger partial charge in [0.05, 0.1) is 7.11 Å². The quantitative estimate of drug-likeness (QED) is 0.833. The minimum atomic E-state index is 0.348. The number of methoxy groups -OCH3 is 1. The van der Waals surface area contributed by atoms with E-state index in [0.717, 1.165) is 37.8 Å². The Balaban J connectivity index is 1.63. The molecule has 0 radical (unpaired) electrons. The summed E-state index contributed by atoms with van der Waals surface area (Å²) in [5.41, 5.74) is 1.21. The van der Waals surface area contributed by atoms with Crippen LogP contribution in [0.25, 0.3) is 0 Å². The molecule has 0 amide bonds. The molecule has 1 aliphatic heterocycles. The molecule has 0 spiro atoms. The van der Waals surface area contributed by atoms with E-state index < -0.39 is 0 Å². The number of hydrogen-bond donors (Lipinski definition) is 0. The van der Waals surface area contributed by atoms with E-state index in [-0.39, 0.29) is 0 Å². The molecule has 1 aliphatic rings. The van der Waals surface area contributed by atoms with Crippen molar-refractivity contribution in [1.82, 2.24) is 19.9 Å². The summed E-state index contributed by atoms with van der Waals surface area (Å²) in [5.74, 6) is 2.96. The number of hydrogen-bond acceptors (Lipinski definition) is 6. The summed E-state index contributed by atoms with van der Waals surface area (Å²) in [6.07, 6.45) is 3.77. The van der Waals surface area contributed by atoms with E-state index in [2.05, 4.69) is 46.6 Å². The highest BCUT2D eigenvalue weighted by Gasteiger charge is 2.25. The molecular formula is C19H27N5O. The fourth-order valence-corrected chi connectivity index (χ4v) is 3.12. The lowest BCUT2D eigenvalue weighted by atomic mass is 10.1. The van der Waals surface area contributed by atoms with Crippen LogP contribution >= 0.6 is 0 Å². The van der Waals surface area contributed by atoms with Gasteiger partial charge in [-0.05, 0) is 18.6 Å². The predicted molar refractivity (Wildman–Crippen MR) is 99.0 cm³/mol. The third-order valence-electron chi connectivity index (χ3n) is 4.66. The van der Waals surface area contributed by atoms with Crippen molar-refractivity contribution in [2.24, 2.45) is 0 Å². The van der Waals surface area contributed by atoms with Crippen LogP contribution in [0, 0.1) is 0 Å². The summed E-state index contributed by atoms with van der Waals surface area (Å²) in [6, 6.07) is 6.48. The third kappa shape index (κ3) is 4.25. The van der Waals surface area contributed by atoms with E-state index in [0.29, 0.717) is 17.8 Å². The predicted octanol–water partition coefficient (Wildman–Crippen LogP) is 2.71. The van der Waals surface area contributed by atoms with Gasteiger partial charge >= 0.3 is 0 Å². The lowest BCUT2D eigenvalue weighted by Crippen LogP contribution is -2.51. The van der Waals surface area contributed by atoms with Crippen molar-refractivity contribution in [2.75, 3.05) is 31.6 Å². The van der Waals surface area contributed by atoms with Crippen LogP contribution in [0.5, 0.6) is 5.88 Å². The first-order valence-corrected chi connectivity index (χ1v) is 8.87. The Kier molecular flexibility index (Phi) is 5.48. The zero-order valence-corrected chi connectivity index (χ0v) is 15.5. The molecule has 3 heterocycles. The molecule has 0 N–H and O–H groups in total. The third-order valence-corrected chi connectivity index (χ3v) is 4.66. The highest BCUT2D eigenvalue weighted by molar-refractivity contribution is 5.38. The molecule has 1 unspecified atom stereocenters. The van der Waals surface area contributed by atoms with E-state index in [1.165, 1.54) is 5.56 Å². The summed E-state index contributed by atoms with van der Waals surface area (Å²) in [7, 11) is 1.64. The molecule has 1 saturated heterocycles. The van der Waals surface area contributed by atoms with E-state index in [9.17, 15) is 0 Å². The van der Waals surface area contributed by atoms with Gasteiger partial charge in [-0.3, -0.25) is 4.90 Å². The molecule has 1 fully saturated rings. The van der Waals surface area contributed by atoms with Gasteiger partial charge in [0.15, 0.2) is 0 Å². The summed E-state index contributed by atoms with van der Waals surface area (Å²) < 4.78 is 5.13. The molecule has 0 aliphatic carbocycles. The highest BCUT2D eigenvalue weighted by Crippen LogP contribution is 2.20. The van der Waals surface area contributed by atoms with E-state index in [1.807, 2.05) is 24.5 Å². The molecule has 2 aromatic rings. The number of aromatic nitrogens is 3. The topological polar surface area (TPSA) is 54.4 Å². The van der Waals surface area contributed by atoms with Crippen LogP contribution in [0.3, 0.4) is 0 Å². The van der Waals surface area contributed by atoms with Crippen molar-refractivity contribution in [1.29, 1.82) is 0 Å². The van der Waals surface area contributed by atoms with Gasteiger partial charge in [0.2, 0.25) is 5.88 Å². The van der Waals surface area contributed by atoms with Crippen molar-refractivity contribution in [3.63, 3.8) is 0 Å². The molecule has 0 saturated carbocycles. The monoisotopic (exact) mass is 341 g/mol.